The predicted molar refractivity (Wildman–Crippen MR) is 134 cm³/mol. The molecule has 10 nitrogen and oxygen atoms in total. The maximum atomic E-state index is 13.4. The van der Waals surface area contributed by atoms with E-state index in [4.69, 9.17) is 5.73 Å². The fourth-order valence-corrected chi connectivity index (χ4v) is 3.96. The number of amides is 1. The molecule has 0 saturated carbocycles. The van der Waals surface area contributed by atoms with Gasteiger partial charge < -0.3 is 5.73 Å². The summed E-state index contributed by atoms with van der Waals surface area (Å²) in [5.41, 5.74) is 5.59. The number of benzene rings is 1. The van der Waals surface area contributed by atoms with Crippen LogP contribution in [0.5, 0.6) is 0 Å². The summed E-state index contributed by atoms with van der Waals surface area (Å²) in [6.45, 7) is 8.50. The van der Waals surface area contributed by atoms with Gasteiger partial charge in [0.25, 0.3) is 5.56 Å². The van der Waals surface area contributed by atoms with Crippen LogP contribution >= 0.6 is 11.8 Å². The first-order chi connectivity index (χ1) is 16.1. The van der Waals surface area contributed by atoms with Gasteiger partial charge in [-0.05, 0) is 12.0 Å². The number of anilines is 2. The number of unbranched alkanes of at least 4 members (excludes halogenated alkanes) is 1. The number of aromatic nitrogens is 5. The number of nitrogens with two attached hydrogens (primary N) is 1. The first-order valence-corrected chi connectivity index (χ1v) is 12.1. The lowest BCUT2D eigenvalue weighted by Gasteiger charge is -2.24. The van der Waals surface area contributed by atoms with Crippen LogP contribution in [0.3, 0.4) is 0 Å². The number of nitrogens with zero attached hydrogens (tertiary/aromatic N) is 4. The van der Waals surface area contributed by atoms with Crippen molar-refractivity contribution in [1.29, 1.82) is 0 Å². The molecular weight excluding hydrogens is 454 g/mol. The zero-order valence-electron chi connectivity index (χ0n) is 19.9. The number of thioether (sulfide) groups is 1. The van der Waals surface area contributed by atoms with Gasteiger partial charge in [-0.1, -0.05) is 76.2 Å². The summed E-state index contributed by atoms with van der Waals surface area (Å²) in [6, 6.07) is 9.29. The molecular formula is C23H31N7O3S. The Hall–Kier alpha value is -3.34. The fourth-order valence-electron chi connectivity index (χ4n) is 3.28. The number of carbonyl (C=O) groups excluding carboxylic acids is 1. The van der Waals surface area contributed by atoms with Gasteiger partial charge in [0.1, 0.15) is 11.6 Å². The van der Waals surface area contributed by atoms with Crippen molar-refractivity contribution in [2.75, 3.05) is 16.4 Å². The van der Waals surface area contributed by atoms with Gasteiger partial charge in [-0.2, -0.15) is 0 Å². The molecule has 0 atom stereocenters. The van der Waals surface area contributed by atoms with E-state index in [9.17, 15) is 14.4 Å². The number of hydrogen-bond donors (Lipinski definition) is 3. The molecule has 0 aliphatic heterocycles. The Bertz CT molecular complexity index is 1240. The Morgan fingerprint density at radius 3 is 2.53 bits per heavy atom. The van der Waals surface area contributed by atoms with Crippen molar-refractivity contribution in [1.82, 2.24) is 24.7 Å². The van der Waals surface area contributed by atoms with Crippen molar-refractivity contribution < 1.29 is 4.79 Å². The molecule has 0 aliphatic rings. The molecule has 1 aromatic carbocycles. The second-order valence-electron chi connectivity index (χ2n) is 8.97. The van der Waals surface area contributed by atoms with Crippen LogP contribution in [0.1, 0.15) is 51.9 Å². The fraction of sp³-hybridized carbons (Fsp3) is 0.435. The highest BCUT2D eigenvalue weighted by atomic mass is 32.2. The Morgan fingerprint density at radius 1 is 1.21 bits per heavy atom. The third-order valence-corrected chi connectivity index (χ3v) is 6.04. The van der Waals surface area contributed by atoms with E-state index in [-0.39, 0.29) is 35.1 Å². The monoisotopic (exact) mass is 485 g/mol. The minimum atomic E-state index is -0.697. The molecule has 3 aromatic rings. The van der Waals surface area contributed by atoms with Gasteiger partial charge in [-0.25, -0.2) is 9.78 Å². The average molecular weight is 486 g/mol. The highest BCUT2D eigenvalue weighted by Gasteiger charge is 2.25. The van der Waals surface area contributed by atoms with E-state index in [0.717, 1.165) is 12.0 Å². The van der Waals surface area contributed by atoms with Gasteiger partial charge in [0, 0.05) is 12.0 Å². The minimum absolute atomic E-state index is 0.0127. The number of nitrogen functional groups attached to an aromatic ring is 1. The zero-order chi connectivity index (χ0) is 24.9. The van der Waals surface area contributed by atoms with Crippen LogP contribution in [0, 0.1) is 0 Å². The number of nitrogens with one attached hydrogen (secondary N) is 2. The van der Waals surface area contributed by atoms with Gasteiger partial charge >= 0.3 is 5.69 Å². The molecule has 0 fully saturated rings. The lowest BCUT2D eigenvalue weighted by Crippen LogP contribution is -2.41. The Balaban J connectivity index is 1.94. The van der Waals surface area contributed by atoms with Gasteiger partial charge in [0.2, 0.25) is 11.1 Å². The lowest BCUT2D eigenvalue weighted by molar-refractivity contribution is -0.116. The summed E-state index contributed by atoms with van der Waals surface area (Å²) in [6.07, 6.45) is 1.55. The standard InChI is InChI=1S/C23H31N7O3S/c1-5-6-12-29-18(24)17(19(32)25-22(29)33)30(13-15-10-8-7-9-11-15)16(31)14-34-21-26-20(27-28-21)23(2,3)4/h7-11H,5-6,12-14,24H2,1-4H3,(H,25,32,33)(H,26,27,28). The SMILES string of the molecule is CCCCn1c(N)c(N(Cc2ccccc2)C(=O)CSc2n[nH]c(C(C)(C)C)n2)c(=O)[nH]c1=O. The molecule has 2 aromatic heterocycles. The highest BCUT2D eigenvalue weighted by molar-refractivity contribution is 7.99. The van der Waals surface area contributed by atoms with Crippen LogP contribution in [0.25, 0.3) is 0 Å². The number of aromatic amines is 2. The topological polar surface area (TPSA) is 143 Å². The summed E-state index contributed by atoms with van der Waals surface area (Å²) in [5.74, 6) is 0.326. The van der Waals surface area contributed by atoms with Crippen LogP contribution in [0.15, 0.2) is 45.1 Å². The molecule has 1 amide bonds. The first-order valence-electron chi connectivity index (χ1n) is 11.1. The molecule has 0 spiro atoms. The third-order valence-electron chi connectivity index (χ3n) is 5.20. The van der Waals surface area contributed by atoms with Crippen LogP contribution in [0.2, 0.25) is 0 Å². The van der Waals surface area contributed by atoms with Crippen molar-refractivity contribution in [2.24, 2.45) is 0 Å². The Labute approximate surface area is 202 Å². The van der Waals surface area contributed by atoms with Crippen LogP contribution in [0.4, 0.5) is 11.5 Å². The van der Waals surface area contributed by atoms with E-state index < -0.39 is 11.2 Å². The van der Waals surface area contributed by atoms with Crippen LogP contribution < -0.4 is 21.9 Å². The first kappa shape index (κ1) is 25.3. The summed E-state index contributed by atoms with van der Waals surface area (Å²) in [7, 11) is 0. The van der Waals surface area contributed by atoms with Gasteiger partial charge in [-0.15, -0.1) is 5.10 Å². The number of H-pyrrole nitrogens is 2. The highest BCUT2D eigenvalue weighted by Crippen LogP contribution is 2.24. The summed E-state index contributed by atoms with van der Waals surface area (Å²) >= 11 is 1.17. The zero-order valence-corrected chi connectivity index (χ0v) is 20.7. The average Bonchev–Trinajstić information content (AvgIpc) is 3.27. The van der Waals surface area contributed by atoms with Crippen molar-refractivity contribution in [3.8, 4) is 0 Å². The van der Waals surface area contributed by atoms with E-state index in [1.807, 2.05) is 58.0 Å². The molecule has 182 valence electrons. The lowest BCUT2D eigenvalue weighted by atomic mass is 9.96. The van der Waals surface area contributed by atoms with E-state index in [1.165, 1.54) is 21.2 Å². The molecule has 0 radical (unpaired) electrons. The number of hydrogen-bond acceptors (Lipinski definition) is 7. The predicted octanol–water partition coefficient (Wildman–Crippen LogP) is 2.66. The van der Waals surface area contributed by atoms with Gasteiger partial charge in [-0.3, -0.25) is 29.1 Å². The van der Waals surface area contributed by atoms with Gasteiger partial charge in [0.15, 0.2) is 5.69 Å². The molecule has 11 heteroatoms. The third kappa shape index (κ3) is 5.96. The molecule has 0 saturated heterocycles. The van der Waals surface area contributed by atoms with E-state index in [1.54, 1.807) is 0 Å². The molecule has 2 heterocycles. The quantitative estimate of drug-likeness (QED) is 0.395. The summed E-state index contributed by atoms with van der Waals surface area (Å²) in [5, 5.41) is 7.52. The summed E-state index contributed by atoms with van der Waals surface area (Å²) in [4.78, 5) is 46.7. The Kier molecular flexibility index (Phi) is 7.98. The molecule has 4 N–H and O–H groups in total. The van der Waals surface area contributed by atoms with E-state index in [2.05, 4.69) is 20.2 Å². The van der Waals surface area contributed by atoms with E-state index >= 15 is 0 Å². The van der Waals surface area contributed by atoms with Crippen LogP contribution in [-0.2, 0) is 23.3 Å². The molecule has 3 rings (SSSR count). The molecule has 0 aliphatic carbocycles. The molecule has 34 heavy (non-hydrogen) atoms. The largest absolute Gasteiger partial charge is 0.383 e. The van der Waals surface area contributed by atoms with Crippen molar-refractivity contribution in [2.45, 2.75) is 64.2 Å². The van der Waals surface area contributed by atoms with Crippen molar-refractivity contribution in [3.63, 3.8) is 0 Å². The van der Waals surface area contributed by atoms with E-state index in [0.29, 0.717) is 23.9 Å². The second-order valence-corrected chi connectivity index (χ2v) is 9.91. The van der Waals surface area contributed by atoms with Crippen molar-refractivity contribution in [3.05, 3.63) is 62.6 Å². The Morgan fingerprint density at radius 2 is 1.91 bits per heavy atom. The van der Waals surface area contributed by atoms with Crippen molar-refractivity contribution >= 4 is 29.2 Å². The number of rotatable bonds is 9. The van der Waals surface area contributed by atoms with Crippen LogP contribution in [-0.4, -0.2) is 36.4 Å². The second kappa shape index (κ2) is 10.7. The summed E-state index contributed by atoms with van der Waals surface area (Å²) < 4.78 is 1.31. The molecule has 0 unspecified atom stereocenters. The molecule has 0 bridgehead atoms. The maximum Gasteiger partial charge on any atom is 0.330 e. The normalized spacial score (nSPS) is 11.5. The maximum absolute atomic E-state index is 13.4. The smallest absolute Gasteiger partial charge is 0.330 e. The van der Waals surface area contributed by atoms with Gasteiger partial charge in [0.05, 0.1) is 12.3 Å². The number of carbonyl (C=O) groups is 1. The minimum Gasteiger partial charge on any atom is -0.383 e.